The van der Waals surface area contributed by atoms with Gasteiger partial charge in [-0.25, -0.2) is 9.97 Å². The summed E-state index contributed by atoms with van der Waals surface area (Å²) in [7, 11) is 1.93. The second-order valence-electron chi connectivity index (χ2n) is 3.05. The molecule has 0 amide bonds. The highest BCUT2D eigenvalue weighted by Crippen LogP contribution is 2.26. The molecule has 0 aliphatic rings. The monoisotopic (exact) mass is 221 g/mol. The van der Waals surface area contributed by atoms with Gasteiger partial charge in [0.1, 0.15) is 5.03 Å². The van der Waals surface area contributed by atoms with Crippen LogP contribution in [0.3, 0.4) is 0 Å². The normalized spacial score (nSPS) is 10.5. The molecule has 0 aromatic carbocycles. The zero-order valence-corrected chi connectivity index (χ0v) is 9.11. The molecule has 2 aromatic heterocycles. The molecule has 0 atom stereocenters. The van der Waals surface area contributed by atoms with Gasteiger partial charge in [-0.05, 0) is 17.8 Å². The van der Waals surface area contributed by atoms with Crippen LogP contribution in [0.4, 0.5) is 0 Å². The quantitative estimate of drug-likeness (QED) is 0.852. The number of aliphatic hydroxyl groups excluding tert-OH is 1. The van der Waals surface area contributed by atoms with E-state index in [1.807, 2.05) is 29.9 Å². The molecule has 15 heavy (non-hydrogen) atoms. The van der Waals surface area contributed by atoms with Crippen molar-refractivity contribution < 1.29 is 5.11 Å². The number of aliphatic hydroxyl groups is 1. The molecule has 0 fully saturated rings. The zero-order chi connectivity index (χ0) is 10.7. The Kier molecular flexibility index (Phi) is 3.03. The number of hydrogen-bond acceptors (Lipinski definition) is 4. The van der Waals surface area contributed by atoms with Gasteiger partial charge < -0.3 is 9.67 Å². The maximum atomic E-state index is 9.14. The van der Waals surface area contributed by atoms with Gasteiger partial charge in [-0.1, -0.05) is 6.07 Å². The first kappa shape index (κ1) is 10.2. The van der Waals surface area contributed by atoms with Crippen molar-refractivity contribution in [3.63, 3.8) is 0 Å². The highest BCUT2D eigenvalue weighted by Gasteiger charge is 2.07. The summed E-state index contributed by atoms with van der Waals surface area (Å²) >= 11 is 1.45. The van der Waals surface area contributed by atoms with E-state index >= 15 is 0 Å². The molecule has 0 spiro atoms. The topological polar surface area (TPSA) is 50.9 Å². The van der Waals surface area contributed by atoms with Crippen molar-refractivity contribution in [2.45, 2.75) is 16.8 Å². The third-order valence-corrected chi connectivity index (χ3v) is 3.12. The van der Waals surface area contributed by atoms with E-state index in [-0.39, 0.29) is 6.61 Å². The van der Waals surface area contributed by atoms with Crippen LogP contribution in [0.15, 0.2) is 40.9 Å². The second-order valence-corrected chi connectivity index (χ2v) is 4.00. The summed E-state index contributed by atoms with van der Waals surface area (Å²) in [5, 5.41) is 10.8. The fourth-order valence-electron chi connectivity index (χ4n) is 1.17. The molecule has 2 aromatic rings. The zero-order valence-electron chi connectivity index (χ0n) is 8.29. The van der Waals surface area contributed by atoms with Crippen LogP contribution < -0.4 is 0 Å². The van der Waals surface area contributed by atoms with E-state index in [2.05, 4.69) is 9.97 Å². The van der Waals surface area contributed by atoms with Crippen molar-refractivity contribution in [3.05, 3.63) is 36.3 Å². The average Bonchev–Trinajstić information content (AvgIpc) is 2.65. The number of pyridine rings is 1. The maximum absolute atomic E-state index is 9.14. The van der Waals surface area contributed by atoms with E-state index in [9.17, 15) is 0 Å². The van der Waals surface area contributed by atoms with Gasteiger partial charge >= 0.3 is 0 Å². The van der Waals surface area contributed by atoms with Crippen LogP contribution in [0.5, 0.6) is 0 Å². The fourth-order valence-corrected chi connectivity index (χ4v) is 2.04. The third-order valence-electron chi connectivity index (χ3n) is 1.99. The van der Waals surface area contributed by atoms with Crippen LogP contribution >= 0.6 is 11.8 Å². The Morgan fingerprint density at radius 2 is 2.27 bits per heavy atom. The van der Waals surface area contributed by atoms with Gasteiger partial charge in [0, 0.05) is 31.2 Å². The number of hydrogen-bond donors (Lipinski definition) is 1. The number of aromatic nitrogens is 3. The molecule has 1 N–H and O–H groups in total. The SMILES string of the molecule is Cn1ccnc1Sc1ncccc1CO. The Morgan fingerprint density at radius 1 is 1.40 bits per heavy atom. The lowest BCUT2D eigenvalue weighted by Crippen LogP contribution is -1.93. The van der Waals surface area contributed by atoms with Crippen molar-refractivity contribution in [3.8, 4) is 0 Å². The molecule has 5 heteroatoms. The Labute approximate surface area is 92.0 Å². The minimum atomic E-state index is 0.000591. The number of aryl methyl sites for hydroxylation is 1. The van der Waals surface area contributed by atoms with Crippen LogP contribution in [0, 0.1) is 0 Å². The van der Waals surface area contributed by atoms with Crippen LogP contribution in [-0.2, 0) is 13.7 Å². The van der Waals surface area contributed by atoms with Crippen molar-refractivity contribution in [1.82, 2.24) is 14.5 Å². The number of imidazole rings is 1. The second kappa shape index (κ2) is 4.46. The third kappa shape index (κ3) is 2.19. The molecule has 78 valence electrons. The van der Waals surface area contributed by atoms with Crippen molar-refractivity contribution >= 4 is 11.8 Å². The van der Waals surface area contributed by atoms with Crippen LogP contribution in [-0.4, -0.2) is 19.6 Å². The van der Waals surface area contributed by atoms with Gasteiger partial charge in [-0.2, -0.15) is 0 Å². The summed E-state index contributed by atoms with van der Waals surface area (Å²) in [6.45, 7) is 0.000591. The molecular weight excluding hydrogens is 210 g/mol. The van der Waals surface area contributed by atoms with Gasteiger partial charge in [-0.3, -0.25) is 0 Å². The Bertz CT molecular complexity index is 455. The molecule has 2 rings (SSSR count). The highest BCUT2D eigenvalue weighted by atomic mass is 32.2. The molecule has 4 nitrogen and oxygen atoms in total. The van der Waals surface area contributed by atoms with Gasteiger partial charge in [0.15, 0.2) is 5.16 Å². The standard InChI is InChI=1S/C10H11N3OS/c1-13-6-5-12-10(13)15-9-8(7-14)3-2-4-11-9/h2-6,14H,7H2,1H3. The van der Waals surface area contributed by atoms with E-state index in [0.717, 1.165) is 15.7 Å². The Morgan fingerprint density at radius 3 is 2.93 bits per heavy atom. The van der Waals surface area contributed by atoms with Gasteiger partial charge in [-0.15, -0.1) is 0 Å². The van der Waals surface area contributed by atoms with Gasteiger partial charge in [0.25, 0.3) is 0 Å². The predicted octanol–water partition coefficient (Wildman–Crippen LogP) is 1.46. The summed E-state index contributed by atoms with van der Waals surface area (Å²) in [5.74, 6) is 0. The van der Waals surface area contributed by atoms with E-state index in [4.69, 9.17) is 5.11 Å². The highest BCUT2D eigenvalue weighted by molar-refractivity contribution is 7.99. The maximum Gasteiger partial charge on any atom is 0.174 e. The molecule has 0 bridgehead atoms. The van der Waals surface area contributed by atoms with Crippen LogP contribution in [0.25, 0.3) is 0 Å². The van der Waals surface area contributed by atoms with E-state index in [1.54, 1.807) is 12.4 Å². The Hall–Kier alpha value is -1.33. The molecule has 0 unspecified atom stereocenters. The first-order valence-electron chi connectivity index (χ1n) is 4.51. The Balaban J connectivity index is 2.28. The number of nitrogens with zero attached hydrogens (tertiary/aromatic N) is 3. The van der Waals surface area contributed by atoms with Gasteiger partial charge in [0.2, 0.25) is 0 Å². The van der Waals surface area contributed by atoms with Crippen LogP contribution in [0.1, 0.15) is 5.56 Å². The average molecular weight is 221 g/mol. The fraction of sp³-hybridized carbons (Fsp3) is 0.200. The lowest BCUT2D eigenvalue weighted by molar-refractivity contribution is 0.278. The summed E-state index contributed by atoms with van der Waals surface area (Å²) < 4.78 is 1.92. The lowest BCUT2D eigenvalue weighted by Gasteiger charge is -2.04. The molecular formula is C10H11N3OS. The molecule has 0 saturated carbocycles. The van der Waals surface area contributed by atoms with Crippen molar-refractivity contribution in [1.29, 1.82) is 0 Å². The molecule has 0 saturated heterocycles. The van der Waals surface area contributed by atoms with Crippen molar-refractivity contribution in [2.24, 2.45) is 7.05 Å². The minimum Gasteiger partial charge on any atom is -0.392 e. The summed E-state index contributed by atoms with van der Waals surface area (Å²) in [6.07, 6.45) is 5.33. The largest absolute Gasteiger partial charge is 0.392 e. The molecule has 0 aliphatic heterocycles. The molecule has 2 heterocycles. The predicted molar refractivity (Wildman–Crippen MR) is 57.5 cm³/mol. The van der Waals surface area contributed by atoms with E-state index in [0.29, 0.717) is 0 Å². The van der Waals surface area contributed by atoms with Crippen molar-refractivity contribution in [2.75, 3.05) is 0 Å². The molecule has 0 aliphatic carbocycles. The van der Waals surface area contributed by atoms with Gasteiger partial charge in [0.05, 0.1) is 6.61 Å². The lowest BCUT2D eigenvalue weighted by atomic mass is 10.3. The van der Waals surface area contributed by atoms with Crippen LogP contribution in [0.2, 0.25) is 0 Å². The first-order valence-corrected chi connectivity index (χ1v) is 5.33. The molecule has 0 radical (unpaired) electrons. The first-order chi connectivity index (χ1) is 7.31. The van der Waals surface area contributed by atoms with E-state index in [1.165, 1.54) is 11.8 Å². The summed E-state index contributed by atoms with van der Waals surface area (Å²) in [6, 6.07) is 3.67. The number of rotatable bonds is 3. The smallest absolute Gasteiger partial charge is 0.174 e. The summed E-state index contributed by atoms with van der Waals surface area (Å²) in [5.41, 5.74) is 0.825. The van der Waals surface area contributed by atoms with E-state index < -0.39 is 0 Å². The minimum absolute atomic E-state index is 0.000591. The summed E-state index contributed by atoms with van der Waals surface area (Å²) in [4.78, 5) is 8.41.